The number of benzene rings is 1. The number of amidine groups is 1. The van der Waals surface area contributed by atoms with Gasteiger partial charge in [-0.25, -0.2) is 0 Å². The quantitative estimate of drug-likeness (QED) is 0.794. The summed E-state index contributed by atoms with van der Waals surface area (Å²) in [5.41, 5.74) is 4.08. The Morgan fingerprint density at radius 2 is 1.91 bits per heavy atom. The molecule has 0 bridgehead atoms. The monoisotopic (exact) mass is 334 g/mol. The summed E-state index contributed by atoms with van der Waals surface area (Å²) in [7, 11) is 1.33. The Hall–Kier alpha value is -1.82. The van der Waals surface area contributed by atoms with E-state index >= 15 is 0 Å². The maximum absolute atomic E-state index is 12.8. The number of nitrogens with zero attached hydrogens (tertiary/aromatic N) is 2. The third kappa shape index (κ3) is 3.58. The van der Waals surface area contributed by atoms with Crippen molar-refractivity contribution in [3.8, 4) is 0 Å². The predicted molar refractivity (Wildman–Crippen MR) is 94.1 cm³/mol. The number of aryl methyl sites for hydroxylation is 3. The van der Waals surface area contributed by atoms with E-state index in [4.69, 9.17) is 4.74 Å². The maximum Gasteiger partial charge on any atom is 0.307 e. The zero-order chi connectivity index (χ0) is 17.1. The Bertz CT molecular complexity index is 647. The second kappa shape index (κ2) is 7.17. The van der Waals surface area contributed by atoms with Crippen LogP contribution in [0, 0.1) is 20.8 Å². The molecule has 5 nitrogen and oxygen atoms in total. The van der Waals surface area contributed by atoms with Crippen molar-refractivity contribution in [2.75, 3.05) is 18.6 Å². The number of aliphatic imine (C=N–C) groups is 1. The number of hydrogen-bond acceptors (Lipinski definition) is 5. The summed E-state index contributed by atoms with van der Waals surface area (Å²) in [6.45, 7) is 8.53. The van der Waals surface area contributed by atoms with Crippen LogP contribution in [0.1, 0.15) is 30.0 Å². The number of thioether (sulfide) groups is 1. The first-order valence-corrected chi connectivity index (χ1v) is 8.46. The van der Waals surface area contributed by atoms with Gasteiger partial charge in [0, 0.05) is 6.54 Å². The van der Waals surface area contributed by atoms with E-state index in [1.165, 1.54) is 18.9 Å². The van der Waals surface area contributed by atoms with Crippen LogP contribution >= 0.6 is 11.8 Å². The normalized spacial score (nSPS) is 19.5. The van der Waals surface area contributed by atoms with Gasteiger partial charge in [0.05, 0.1) is 19.2 Å². The van der Waals surface area contributed by atoms with Crippen LogP contribution in [0.5, 0.6) is 0 Å². The van der Waals surface area contributed by atoms with Crippen LogP contribution in [0.25, 0.3) is 0 Å². The third-order valence-corrected chi connectivity index (χ3v) is 4.84. The summed E-state index contributed by atoms with van der Waals surface area (Å²) >= 11 is 1.34. The molecule has 6 heteroatoms. The van der Waals surface area contributed by atoms with Crippen LogP contribution in [0.4, 0.5) is 5.69 Å². The Kier molecular flexibility index (Phi) is 5.46. The Labute approximate surface area is 141 Å². The molecule has 23 heavy (non-hydrogen) atoms. The molecule has 1 aromatic carbocycles. The lowest BCUT2D eigenvalue weighted by Crippen LogP contribution is -2.34. The lowest BCUT2D eigenvalue weighted by molar-refractivity contribution is -0.141. The zero-order valence-electron chi connectivity index (χ0n) is 14.2. The van der Waals surface area contributed by atoms with Crippen molar-refractivity contribution in [2.24, 2.45) is 4.99 Å². The number of rotatable bonds is 4. The first-order chi connectivity index (χ1) is 10.9. The molecule has 1 amide bonds. The van der Waals surface area contributed by atoms with Gasteiger partial charge in [0.15, 0.2) is 5.17 Å². The number of carbonyl (C=O) groups excluding carboxylic acids is 2. The molecule has 124 valence electrons. The zero-order valence-corrected chi connectivity index (χ0v) is 15.0. The lowest BCUT2D eigenvalue weighted by Gasteiger charge is -2.22. The number of methoxy groups -OCH3 is 1. The van der Waals surface area contributed by atoms with Crippen LogP contribution in [-0.2, 0) is 14.3 Å². The largest absolute Gasteiger partial charge is 0.469 e. The summed E-state index contributed by atoms with van der Waals surface area (Å²) < 4.78 is 4.70. The Balaban J connectivity index is 2.45. The summed E-state index contributed by atoms with van der Waals surface area (Å²) in [6.07, 6.45) is 0.0587. The minimum Gasteiger partial charge on any atom is -0.469 e. The SMILES string of the molecule is CCN=C1SC(CC(=O)OC)C(=O)N1c1c(C)cc(C)cc1C. The van der Waals surface area contributed by atoms with E-state index in [1.54, 1.807) is 4.90 Å². The fourth-order valence-electron chi connectivity index (χ4n) is 2.81. The van der Waals surface area contributed by atoms with Gasteiger partial charge < -0.3 is 4.74 Å². The van der Waals surface area contributed by atoms with E-state index in [2.05, 4.69) is 17.1 Å². The number of carbonyl (C=O) groups is 2. The molecular weight excluding hydrogens is 312 g/mol. The molecule has 1 saturated heterocycles. The van der Waals surface area contributed by atoms with Crippen LogP contribution in [0.2, 0.25) is 0 Å². The second-order valence-corrected chi connectivity index (χ2v) is 6.73. The standard InChI is InChI=1S/C17H22N2O3S/c1-6-18-17-19(15-11(3)7-10(2)8-12(15)4)16(21)13(23-17)9-14(20)22-5/h7-8,13H,6,9H2,1-5H3. The average Bonchev–Trinajstić information content (AvgIpc) is 2.75. The van der Waals surface area contributed by atoms with E-state index < -0.39 is 5.25 Å². The molecule has 0 N–H and O–H groups in total. The maximum atomic E-state index is 12.8. The van der Waals surface area contributed by atoms with Gasteiger partial charge >= 0.3 is 5.97 Å². The van der Waals surface area contributed by atoms with Crippen molar-refractivity contribution in [1.29, 1.82) is 0 Å². The molecule has 0 aliphatic carbocycles. The predicted octanol–water partition coefficient (Wildman–Crippen LogP) is 3.00. The molecule has 1 aliphatic rings. The van der Waals surface area contributed by atoms with E-state index in [0.29, 0.717) is 11.7 Å². The van der Waals surface area contributed by atoms with Crippen LogP contribution in [-0.4, -0.2) is 35.9 Å². The topological polar surface area (TPSA) is 59.0 Å². The van der Waals surface area contributed by atoms with Crippen molar-refractivity contribution < 1.29 is 14.3 Å². The van der Waals surface area contributed by atoms with E-state index in [9.17, 15) is 9.59 Å². The van der Waals surface area contributed by atoms with E-state index in [0.717, 1.165) is 22.4 Å². The highest BCUT2D eigenvalue weighted by molar-refractivity contribution is 8.16. The molecule has 0 aromatic heterocycles. The van der Waals surface area contributed by atoms with Crippen molar-refractivity contribution in [3.05, 3.63) is 28.8 Å². The smallest absolute Gasteiger partial charge is 0.307 e. The van der Waals surface area contributed by atoms with Gasteiger partial charge in [0.2, 0.25) is 5.91 Å². The van der Waals surface area contributed by atoms with Crippen molar-refractivity contribution in [3.63, 3.8) is 0 Å². The van der Waals surface area contributed by atoms with E-state index in [-0.39, 0.29) is 18.3 Å². The van der Waals surface area contributed by atoms with Gasteiger partial charge in [0.25, 0.3) is 0 Å². The number of amides is 1. The summed E-state index contributed by atoms with van der Waals surface area (Å²) in [5.74, 6) is -0.492. The highest BCUT2D eigenvalue weighted by atomic mass is 32.2. The summed E-state index contributed by atoms with van der Waals surface area (Å²) in [4.78, 5) is 30.5. The molecule has 0 spiro atoms. The van der Waals surface area contributed by atoms with Gasteiger partial charge in [-0.3, -0.25) is 19.5 Å². The Morgan fingerprint density at radius 1 is 1.30 bits per heavy atom. The van der Waals surface area contributed by atoms with Crippen molar-refractivity contribution in [2.45, 2.75) is 39.4 Å². The number of anilines is 1. The van der Waals surface area contributed by atoms with Gasteiger partial charge in [0.1, 0.15) is 5.25 Å². The molecule has 1 atom stereocenters. The molecule has 1 aromatic rings. The summed E-state index contributed by atoms with van der Waals surface area (Å²) in [6, 6.07) is 4.11. The first kappa shape index (κ1) is 17.5. The molecule has 1 fully saturated rings. The number of ether oxygens (including phenoxy) is 1. The Morgan fingerprint density at radius 3 is 2.43 bits per heavy atom. The van der Waals surface area contributed by atoms with Crippen molar-refractivity contribution >= 4 is 34.5 Å². The van der Waals surface area contributed by atoms with Crippen LogP contribution in [0.15, 0.2) is 17.1 Å². The van der Waals surface area contributed by atoms with Gasteiger partial charge in [-0.05, 0) is 38.8 Å². The highest BCUT2D eigenvalue weighted by Gasteiger charge is 2.41. The fourth-order valence-corrected chi connectivity index (χ4v) is 3.98. The fraction of sp³-hybridized carbons (Fsp3) is 0.471. The van der Waals surface area contributed by atoms with Crippen molar-refractivity contribution in [1.82, 2.24) is 0 Å². The van der Waals surface area contributed by atoms with Gasteiger partial charge in [-0.2, -0.15) is 0 Å². The number of esters is 1. The average molecular weight is 334 g/mol. The first-order valence-electron chi connectivity index (χ1n) is 7.58. The van der Waals surface area contributed by atoms with Crippen LogP contribution in [0.3, 0.4) is 0 Å². The molecule has 1 aliphatic heterocycles. The van der Waals surface area contributed by atoms with Crippen LogP contribution < -0.4 is 4.90 Å². The van der Waals surface area contributed by atoms with Gasteiger partial charge in [-0.1, -0.05) is 29.5 Å². The third-order valence-electron chi connectivity index (χ3n) is 3.67. The minimum atomic E-state index is -0.479. The molecule has 0 saturated carbocycles. The molecule has 2 rings (SSSR count). The lowest BCUT2D eigenvalue weighted by atomic mass is 10.0. The molecule has 0 radical (unpaired) electrons. The highest BCUT2D eigenvalue weighted by Crippen LogP contribution is 2.37. The molecule has 1 heterocycles. The molecule has 1 unspecified atom stereocenters. The number of hydrogen-bond donors (Lipinski definition) is 0. The second-order valence-electron chi connectivity index (χ2n) is 5.56. The summed E-state index contributed by atoms with van der Waals surface area (Å²) in [5, 5.41) is 0.175. The van der Waals surface area contributed by atoms with E-state index in [1.807, 2.05) is 27.7 Å². The van der Waals surface area contributed by atoms with Gasteiger partial charge in [-0.15, -0.1) is 0 Å². The minimum absolute atomic E-state index is 0.0587. The molecular formula is C17H22N2O3S.